The van der Waals surface area contributed by atoms with E-state index in [2.05, 4.69) is 20.0 Å². The lowest BCUT2D eigenvalue weighted by atomic mass is 9.79. The molecule has 0 aliphatic carbocycles. The zero-order chi connectivity index (χ0) is 18.6. The van der Waals surface area contributed by atoms with Crippen molar-refractivity contribution < 1.29 is 22.7 Å². The molecule has 6 nitrogen and oxygen atoms in total. The maximum atomic E-state index is 13.4. The molecule has 2 aromatic rings. The maximum Gasteiger partial charge on any atom is 0.423 e. The second-order valence-corrected chi connectivity index (χ2v) is 6.13. The summed E-state index contributed by atoms with van der Waals surface area (Å²) >= 11 is 0. The molecule has 0 bridgehead atoms. The summed E-state index contributed by atoms with van der Waals surface area (Å²) in [5, 5.41) is 7.61. The summed E-state index contributed by atoms with van der Waals surface area (Å²) in [6, 6.07) is 4.89. The van der Waals surface area contributed by atoms with Crippen LogP contribution >= 0.6 is 0 Å². The number of hydrogen-bond acceptors (Lipinski definition) is 4. The summed E-state index contributed by atoms with van der Waals surface area (Å²) in [6.07, 6.45) is -4.79. The van der Waals surface area contributed by atoms with Crippen LogP contribution in [0.2, 0.25) is 0 Å². The third-order valence-corrected chi connectivity index (χ3v) is 4.62. The van der Waals surface area contributed by atoms with E-state index in [1.54, 1.807) is 25.1 Å². The van der Waals surface area contributed by atoms with Crippen molar-refractivity contribution in [3.05, 3.63) is 52.3 Å². The zero-order valence-electron chi connectivity index (χ0n) is 13.4. The van der Waals surface area contributed by atoms with E-state index in [0.29, 0.717) is 11.1 Å². The first-order valence-corrected chi connectivity index (χ1v) is 7.69. The predicted octanol–water partition coefficient (Wildman–Crippen LogP) is 3.28. The van der Waals surface area contributed by atoms with Gasteiger partial charge in [0.2, 0.25) is 5.70 Å². The first-order chi connectivity index (χ1) is 12.3. The fourth-order valence-electron chi connectivity index (χ4n) is 3.43. The Labute approximate surface area is 145 Å². The zero-order valence-corrected chi connectivity index (χ0v) is 13.4. The topological polar surface area (TPSA) is 71.7 Å². The number of nitrogens with one attached hydrogen (secondary N) is 1. The molecule has 1 saturated heterocycles. The summed E-state index contributed by atoms with van der Waals surface area (Å²) in [7, 11) is 0. The van der Waals surface area contributed by atoms with Gasteiger partial charge in [0.15, 0.2) is 0 Å². The molecular weight excluding hydrogens is 349 g/mol. The lowest BCUT2D eigenvalue weighted by Gasteiger charge is -2.27. The van der Waals surface area contributed by atoms with Gasteiger partial charge in [0.1, 0.15) is 18.2 Å². The lowest BCUT2D eigenvalue weighted by molar-refractivity contribution is -0.141. The van der Waals surface area contributed by atoms with Gasteiger partial charge in [0.25, 0.3) is 0 Å². The summed E-state index contributed by atoms with van der Waals surface area (Å²) in [4.78, 5) is 18.8. The van der Waals surface area contributed by atoms with Gasteiger partial charge in [-0.1, -0.05) is 6.07 Å². The van der Waals surface area contributed by atoms with E-state index in [0.717, 1.165) is 11.1 Å². The van der Waals surface area contributed by atoms with Crippen molar-refractivity contribution in [1.29, 1.82) is 0 Å². The summed E-state index contributed by atoms with van der Waals surface area (Å²) in [5.74, 6) is -2.78. The average molecular weight is 360 g/mol. The number of aliphatic imine (C=N–C) groups is 1. The number of carbonyl (C=O) groups excluding carboxylic acids is 1. The van der Waals surface area contributed by atoms with Crippen LogP contribution in [-0.2, 0) is 9.53 Å². The number of fused-ring (bicyclic) bond motifs is 2. The van der Waals surface area contributed by atoms with Crippen molar-refractivity contribution in [2.75, 3.05) is 6.61 Å². The highest BCUT2D eigenvalue weighted by molar-refractivity contribution is 6.10. The molecule has 3 heterocycles. The molecular formula is C17H11F3N4O2. The van der Waals surface area contributed by atoms with E-state index in [4.69, 9.17) is 11.3 Å². The number of ether oxygens (including phenoxy) is 1. The number of aromatic amines is 1. The van der Waals surface area contributed by atoms with Gasteiger partial charge in [0.05, 0.1) is 17.8 Å². The molecule has 0 spiro atoms. The number of rotatable bonds is 1. The molecule has 1 aromatic heterocycles. The van der Waals surface area contributed by atoms with Crippen LogP contribution in [-0.4, -0.2) is 34.7 Å². The van der Waals surface area contributed by atoms with Gasteiger partial charge >= 0.3 is 12.1 Å². The largest absolute Gasteiger partial charge is 0.459 e. The Morgan fingerprint density at radius 1 is 1.35 bits per heavy atom. The second-order valence-electron chi connectivity index (χ2n) is 6.13. The number of aryl methyl sites for hydroxylation is 1. The van der Waals surface area contributed by atoms with Gasteiger partial charge in [-0.3, -0.25) is 14.9 Å². The SMILES string of the molecule is [C-]#[N+]C1=C(C(F)(F)F)N=C2COC(=O)C2C1c1ccc2n[nH]c(C)c2c1. The quantitative estimate of drug-likeness (QED) is 0.627. The first-order valence-electron chi connectivity index (χ1n) is 7.69. The lowest BCUT2D eigenvalue weighted by Crippen LogP contribution is -2.31. The monoisotopic (exact) mass is 360 g/mol. The van der Waals surface area contributed by atoms with Crippen molar-refractivity contribution >= 4 is 22.6 Å². The van der Waals surface area contributed by atoms with Crippen LogP contribution in [0.4, 0.5) is 13.2 Å². The van der Waals surface area contributed by atoms with Crippen LogP contribution in [0.5, 0.6) is 0 Å². The number of hydrogen-bond donors (Lipinski definition) is 1. The second kappa shape index (κ2) is 5.42. The smallest absolute Gasteiger partial charge is 0.423 e. The molecule has 132 valence electrons. The van der Waals surface area contributed by atoms with Crippen LogP contribution in [0.25, 0.3) is 15.7 Å². The third kappa shape index (κ3) is 2.29. The number of esters is 1. The van der Waals surface area contributed by atoms with Crippen molar-refractivity contribution in [2.24, 2.45) is 10.9 Å². The summed E-state index contributed by atoms with van der Waals surface area (Å²) in [6.45, 7) is 8.79. The Kier molecular flexibility index (Phi) is 3.41. The molecule has 0 amide bonds. The predicted molar refractivity (Wildman–Crippen MR) is 85.1 cm³/mol. The van der Waals surface area contributed by atoms with Gasteiger partial charge < -0.3 is 4.74 Å². The molecule has 0 saturated carbocycles. The number of carbonyl (C=O) groups is 1. The molecule has 1 N–H and O–H groups in total. The average Bonchev–Trinajstić information content (AvgIpc) is 3.15. The van der Waals surface area contributed by atoms with E-state index in [9.17, 15) is 18.0 Å². The Morgan fingerprint density at radius 3 is 2.81 bits per heavy atom. The van der Waals surface area contributed by atoms with Gasteiger partial charge in [0, 0.05) is 17.0 Å². The minimum absolute atomic E-state index is 0.00346. The van der Waals surface area contributed by atoms with Crippen molar-refractivity contribution in [3.8, 4) is 0 Å². The standard InChI is InChI=1S/C17H11F3N4O2/c1-7-9-5-8(3-4-10(9)24-23-7)12-13-11(6-26-16(13)25)22-15(14(12)21-2)17(18,19)20/h3-5,12-13H,6H2,1H3,(H,23,24). The molecule has 1 fully saturated rings. The minimum Gasteiger partial charge on any atom is -0.459 e. The number of H-pyrrole nitrogens is 1. The third-order valence-electron chi connectivity index (χ3n) is 4.62. The fraction of sp³-hybridized carbons (Fsp3) is 0.294. The van der Waals surface area contributed by atoms with E-state index >= 15 is 0 Å². The maximum absolute atomic E-state index is 13.4. The normalized spacial score (nSPS) is 22.9. The Hall–Kier alpha value is -3.15. The van der Waals surface area contributed by atoms with Crippen molar-refractivity contribution in [3.63, 3.8) is 0 Å². The number of aromatic nitrogens is 2. The van der Waals surface area contributed by atoms with E-state index < -0.39 is 35.4 Å². The molecule has 4 rings (SSSR count). The summed E-state index contributed by atoms with van der Waals surface area (Å²) in [5.41, 5.74) is -0.0364. The highest BCUT2D eigenvalue weighted by Gasteiger charge is 2.51. The number of benzene rings is 1. The van der Waals surface area contributed by atoms with Crippen molar-refractivity contribution in [1.82, 2.24) is 10.2 Å². The molecule has 1 aromatic carbocycles. The van der Waals surface area contributed by atoms with Crippen LogP contribution in [0.3, 0.4) is 0 Å². The van der Waals surface area contributed by atoms with Crippen molar-refractivity contribution in [2.45, 2.75) is 19.0 Å². The van der Waals surface area contributed by atoms with E-state index in [-0.39, 0.29) is 12.3 Å². The number of allylic oxidation sites excluding steroid dienone is 2. The van der Waals surface area contributed by atoms with Crippen LogP contribution in [0.15, 0.2) is 34.6 Å². The number of nitrogens with zero attached hydrogens (tertiary/aromatic N) is 3. The molecule has 2 aliphatic rings. The van der Waals surface area contributed by atoms with Gasteiger partial charge in [-0.15, -0.1) is 0 Å². The van der Waals surface area contributed by atoms with E-state index in [1.165, 1.54) is 0 Å². The van der Waals surface area contributed by atoms with Crippen LogP contribution in [0.1, 0.15) is 17.2 Å². The van der Waals surface area contributed by atoms with Crippen LogP contribution in [0, 0.1) is 19.4 Å². The Morgan fingerprint density at radius 2 is 2.12 bits per heavy atom. The van der Waals surface area contributed by atoms with E-state index in [1.807, 2.05) is 0 Å². The van der Waals surface area contributed by atoms with Gasteiger partial charge in [-0.2, -0.15) is 18.3 Å². The minimum atomic E-state index is -4.79. The highest BCUT2D eigenvalue weighted by Crippen LogP contribution is 2.46. The van der Waals surface area contributed by atoms with Gasteiger partial charge in [-0.05, 0) is 24.6 Å². The summed E-state index contributed by atoms with van der Waals surface area (Å²) < 4.78 is 45.2. The molecule has 26 heavy (non-hydrogen) atoms. The molecule has 2 aliphatic heterocycles. The number of cyclic esters (lactones) is 1. The van der Waals surface area contributed by atoms with Crippen LogP contribution < -0.4 is 0 Å². The highest BCUT2D eigenvalue weighted by atomic mass is 19.4. The van der Waals surface area contributed by atoms with Gasteiger partial charge in [-0.25, -0.2) is 4.85 Å². The number of halogens is 3. The fourth-order valence-corrected chi connectivity index (χ4v) is 3.43. The molecule has 0 radical (unpaired) electrons. The molecule has 2 unspecified atom stereocenters. The number of alkyl halides is 3. The Balaban J connectivity index is 1.97. The molecule has 9 heteroatoms. The molecule has 2 atom stereocenters. The Bertz CT molecular complexity index is 1040. The first kappa shape index (κ1) is 16.3.